The Kier molecular flexibility index (Phi) is 4.16. The van der Waals surface area contributed by atoms with Gasteiger partial charge in [0, 0.05) is 24.2 Å². The summed E-state index contributed by atoms with van der Waals surface area (Å²) in [6.45, 7) is 1.60. The van der Waals surface area contributed by atoms with E-state index in [0.29, 0.717) is 0 Å². The molecule has 100 valence electrons. The molecule has 0 aliphatic heterocycles. The first-order chi connectivity index (χ1) is 9.92. The second-order valence-electron chi connectivity index (χ2n) is 4.49. The smallest absolute Gasteiger partial charge is 0.0769 e. The van der Waals surface area contributed by atoms with Gasteiger partial charge in [-0.2, -0.15) is 10.2 Å². The van der Waals surface area contributed by atoms with Crippen LogP contribution in [0.1, 0.15) is 10.6 Å². The van der Waals surface area contributed by atoms with Gasteiger partial charge in [-0.05, 0) is 34.7 Å². The van der Waals surface area contributed by atoms with Gasteiger partial charge in [0.15, 0.2) is 0 Å². The molecule has 3 aromatic rings. The number of thiophene rings is 1. The lowest BCUT2D eigenvalue weighted by atomic mass is 10.1. The number of nitrogens with zero attached hydrogens (tertiary/aromatic N) is 2. The molecule has 2 aromatic heterocycles. The van der Waals surface area contributed by atoms with E-state index in [0.717, 1.165) is 18.8 Å². The van der Waals surface area contributed by atoms with Gasteiger partial charge in [-0.15, -0.1) is 11.3 Å². The zero-order chi connectivity index (χ0) is 13.6. The van der Waals surface area contributed by atoms with Gasteiger partial charge in [0.2, 0.25) is 0 Å². The minimum atomic E-state index is 0.742. The monoisotopic (exact) mass is 281 g/mol. The molecule has 0 aliphatic carbocycles. The molecule has 0 bridgehead atoms. The molecule has 20 heavy (non-hydrogen) atoms. The lowest BCUT2D eigenvalue weighted by molar-refractivity contribution is 0.676. The molecular formula is C16H15N3S. The van der Waals surface area contributed by atoms with Crippen LogP contribution in [0.4, 0.5) is 0 Å². The summed E-state index contributed by atoms with van der Waals surface area (Å²) < 4.78 is 0. The van der Waals surface area contributed by atoms with Crippen LogP contribution in [0.2, 0.25) is 0 Å². The fraction of sp³-hybridized carbons (Fsp3) is 0.125. The average molecular weight is 281 g/mol. The maximum absolute atomic E-state index is 4.05. The first-order valence-corrected chi connectivity index (χ1v) is 7.40. The summed E-state index contributed by atoms with van der Waals surface area (Å²) in [6, 6.07) is 16.6. The maximum atomic E-state index is 4.05. The molecule has 0 fully saturated rings. The molecule has 1 N–H and O–H groups in total. The molecule has 0 saturated carbocycles. The molecule has 4 heteroatoms. The maximum Gasteiger partial charge on any atom is 0.0769 e. The van der Waals surface area contributed by atoms with Crippen LogP contribution in [0.25, 0.3) is 11.1 Å². The highest BCUT2D eigenvalue weighted by molar-refractivity contribution is 7.10. The second kappa shape index (κ2) is 6.41. The van der Waals surface area contributed by atoms with Crippen LogP contribution >= 0.6 is 11.3 Å². The Bertz CT molecular complexity index is 650. The van der Waals surface area contributed by atoms with Crippen LogP contribution in [0.5, 0.6) is 0 Å². The number of nitrogens with one attached hydrogen (secondary N) is 1. The molecule has 1 aromatic carbocycles. The molecule has 0 atom stereocenters. The van der Waals surface area contributed by atoms with Gasteiger partial charge in [0.25, 0.3) is 0 Å². The highest BCUT2D eigenvalue weighted by Crippen LogP contribution is 2.25. The van der Waals surface area contributed by atoms with Crippen molar-refractivity contribution >= 4 is 11.3 Å². The molecule has 2 heterocycles. The third kappa shape index (κ3) is 3.29. The van der Waals surface area contributed by atoms with E-state index in [1.54, 1.807) is 17.5 Å². The fourth-order valence-electron chi connectivity index (χ4n) is 2.00. The molecule has 0 unspecified atom stereocenters. The molecule has 3 rings (SSSR count). The Balaban J connectivity index is 1.58. The summed E-state index contributed by atoms with van der Waals surface area (Å²) in [5, 5.41) is 13.5. The van der Waals surface area contributed by atoms with Crippen molar-refractivity contribution in [2.24, 2.45) is 0 Å². The Morgan fingerprint density at radius 2 is 1.85 bits per heavy atom. The predicted octanol–water partition coefficient (Wildman–Crippen LogP) is 3.49. The van der Waals surface area contributed by atoms with Crippen molar-refractivity contribution in [2.75, 3.05) is 0 Å². The van der Waals surface area contributed by atoms with Crippen molar-refractivity contribution < 1.29 is 0 Å². The van der Waals surface area contributed by atoms with E-state index in [9.17, 15) is 0 Å². The zero-order valence-electron chi connectivity index (χ0n) is 11.0. The van der Waals surface area contributed by atoms with Crippen LogP contribution < -0.4 is 5.32 Å². The van der Waals surface area contributed by atoms with Gasteiger partial charge in [0.1, 0.15) is 0 Å². The Labute approximate surface area is 122 Å². The normalized spacial score (nSPS) is 10.6. The lowest BCUT2D eigenvalue weighted by Gasteiger charge is -2.01. The van der Waals surface area contributed by atoms with Crippen LogP contribution in [0.15, 0.2) is 60.1 Å². The molecule has 0 spiro atoms. The number of rotatable bonds is 5. The summed E-state index contributed by atoms with van der Waals surface area (Å²) in [6.07, 6.45) is 1.69. The van der Waals surface area contributed by atoms with Crippen molar-refractivity contribution in [2.45, 2.75) is 13.1 Å². The summed E-state index contributed by atoms with van der Waals surface area (Å²) in [4.78, 5) is 1.33. The van der Waals surface area contributed by atoms with Crippen molar-refractivity contribution in [3.8, 4) is 11.1 Å². The topological polar surface area (TPSA) is 37.8 Å². The predicted molar refractivity (Wildman–Crippen MR) is 82.3 cm³/mol. The van der Waals surface area contributed by atoms with E-state index in [-0.39, 0.29) is 0 Å². The van der Waals surface area contributed by atoms with Crippen molar-refractivity contribution in [3.63, 3.8) is 0 Å². The molecular weight excluding hydrogens is 266 g/mol. The van der Waals surface area contributed by atoms with Gasteiger partial charge in [-0.25, -0.2) is 0 Å². The fourth-order valence-corrected chi connectivity index (χ4v) is 2.86. The largest absolute Gasteiger partial charge is 0.306 e. The number of benzene rings is 1. The first-order valence-electron chi connectivity index (χ1n) is 6.52. The third-order valence-electron chi connectivity index (χ3n) is 2.99. The van der Waals surface area contributed by atoms with Gasteiger partial charge in [0.05, 0.1) is 5.69 Å². The van der Waals surface area contributed by atoms with Gasteiger partial charge < -0.3 is 5.32 Å². The van der Waals surface area contributed by atoms with E-state index in [4.69, 9.17) is 0 Å². The van der Waals surface area contributed by atoms with Crippen molar-refractivity contribution in [3.05, 3.63) is 70.7 Å². The van der Waals surface area contributed by atoms with Gasteiger partial charge >= 0.3 is 0 Å². The molecule has 3 nitrogen and oxygen atoms in total. The first kappa shape index (κ1) is 13.0. The summed E-state index contributed by atoms with van der Waals surface area (Å²) in [5.41, 5.74) is 3.52. The average Bonchev–Trinajstić information content (AvgIpc) is 2.98. The summed E-state index contributed by atoms with van der Waals surface area (Å²) >= 11 is 1.78. The van der Waals surface area contributed by atoms with E-state index < -0.39 is 0 Å². The molecule has 0 amide bonds. The van der Waals surface area contributed by atoms with Crippen molar-refractivity contribution in [1.29, 1.82) is 0 Å². The molecule has 0 aliphatic rings. The Morgan fingerprint density at radius 3 is 2.65 bits per heavy atom. The van der Waals surface area contributed by atoms with Gasteiger partial charge in [-0.3, -0.25) is 0 Å². The molecule has 0 saturated heterocycles. The van der Waals surface area contributed by atoms with Crippen LogP contribution in [-0.4, -0.2) is 10.2 Å². The third-order valence-corrected chi connectivity index (χ3v) is 3.93. The Morgan fingerprint density at radius 1 is 0.950 bits per heavy atom. The number of hydrogen-bond acceptors (Lipinski definition) is 4. The minimum Gasteiger partial charge on any atom is -0.306 e. The molecule has 0 radical (unpaired) electrons. The zero-order valence-corrected chi connectivity index (χ0v) is 11.8. The summed E-state index contributed by atoms with van der Waals surface area (Å²) in [5.74, 6) is 0. The van der Waals surface area contributed by atoms with Crippen LogP contribution in [0.3, 0.4) is 0 Å². The SMILES string of the molecule is c1ccc(-c2csc(CNCc3cccnn3)c2)cc1. The van der Waals surface area contributed by atoms with E-state index >= 15 is 0 Å². The van der Waals surface area contributed by atoms with E-state index in [2.05, 4.69) is 51.2 Å². The number of aromatic nitrogens is 2. The van der Waals surface area contributed by atoms with E-state index in [1.165, 1.54) is 16.0 Å². The van der Waals surface area contributed by atoms with Crippen LogP contribution in [-0.2, 0) is 13.1 Å². The van der Waals surface area contributed by atoms with E-state index in [1.807, 2.05) is 18.2 Å². The Hall–Kier alpha value is -2.04. The highest BCUT2D eigenvalue weighted by Gasteiger charge is 2.02. The highest BCUT2D eigenvalue weighted by atomic mass is 32.1. The quantitative estimate of drug-likeness (QED) is 0.778. The standard InChI is InChI=1S/C16H15N3S/c1-2-5-13(6-3-1)14-9-16(20-12-14)11-17-10-15-7-4-8-18-19-15/h1-9,12,17H,10-11H2. The summed E-state index contributed by atoms with van der Waals surface area (Å²) in [7, 11) is 0. The minimum absolute atomic E-state index is 0.742. The van der Waals surface area contributed by atoms with Crippen LogP contribution in [0, 0.1) is 0 Å². The second-order valence-corrected chi connectivity index (χ2v) is 5.48. The van der Waals surface area contributed by atoms with Crippen molar-refractivity contribution in [1.82, 2.24) is 15.5 Å². The van der Waals surface area contributed by atoms with Gasteiger partial charge in [-0.1, -0.05) is 30.3 Å². The number of hydrogen-bond donors (Lipinski definition) is 1. The lowest BCUT2D eigenvalue weighted by Crippen LogP contribution is -2.13.